The van der Waals surface area contributed by atoms with Gasteiger partial charge in [0, 0.05) is 12.6 Å². The van der Waals surface area contributed by atoms with Crippen molar-refractivity contribution in [1.29, 1.82) is 0 Å². The summed E-state index contributed by atoms with van der Waals surface area (Å²) in [5, 5.41) is 0. The molecule has 0 aliphatic heterocycles. The monoisotopic (exact) mass is 164 g/mol. The summed E-state index contributed by atoms with van der Waals surface area (Å²) >= 11 is 0. The number of benzene rings is 1. The summed E-state index contributed by atoms with van der Waals surface area (Å²) in [7, 11) is 0. The fourth-order valence-corrected chi connectivity index (χ4v) is 1.29. The summed E-state index contributed by atoms with van der Waals surface area (Å²) < 4.78 is 0. The van der Waals surface area contributed by atoms with Crippen molar-refractivity contribution >= 4 is 0 Å². The fraction of sp³-hybridized carbons (Fsp3) is 0.400. The van der Waals surface area contributed by atoms with Crippen LogP contribution in [0.4, 0.5) is 0 Å². The molecular formula is C10H16N2. The van der Waals surface area contributed by atoms with E-state index < -0.39 is 0 Å². The Morgan fingerprint density at radius 2 is 2.00 bits per heavy atom. The van der Waals surface area contributed by atoms with Gasteiger partial charge in [0.2, 0.25) is 0 Å². The van der Waals surface area contributed by atoms with Crippen LogP contribution in [0.15, 0.2) is 18.2 Å². The van der Waals surface area contributed by atoms with E-state index in [0.717, 1.165) is 5.56 Å². The lowest BCUT2D eigenvalue weighted by Crippen LogP contribution is -2.21. The van der Waals surface area contributed by atoms with Gasteiger partial charge in [-0.1, -0.05) is 23.8 Å². The number of hydrogen-bond donors (Lipinski definition) is 2. The maximum atomic E-state index is 5.84. The van der Waals surface area contributed by atoms with Crippen LogP contribution in [0.25, 0.3) is 0 Å². The minimum Gasteiger partial charge on any atom is -0.329 e. The first-order chi connectivity index (χ1) is 5.65. The fourth-order valence-electron chi connectivity index (χ4n) is 1.29. The molecule has 1 aromatic carbocycles. The number of rotatable bonds is 2. The van der Waals surface area contributed by atoms with E-state index in [2.05, 4.69) is 32.0 Å². The molecular weight excluding hydrogens is 148 g/mol. The largest absolute Gasteiger partial charge is 0.329 e. The summed E-state index contributed by atoms with van der Waals surface area (Å²) in [5.41, 5.74) is 15.0. The SMILES string of the molecule is Cc1ccc(C)c(C(N)CN)c1. The van der Waals surface area contributed by atoms with Crippen LogP contribution >= 0.6 is 0 Å². The van der Waals surface area contributed by atoms with Crippen LogP contribution in [-0.2, 0) is 0 Å². The summed E-state index contributed by atoms with van der Waals surface area (Å²) in [6, 6.07) is 6.25. The zero-order valence-corrected chi connectivity index (χ0v) is 7.67. The van der Waals surface area contributed by atoms with Gasteiger partial charge >= 0.3 is 0 Å². The van der Waals surface area contributed by atoms with E-state index in [0.29, 0.717) is 6.54 Å². The summed E-state index contributed by atoms with van der Waals surface area (Å²) in [6.45, 7) is 4.63. The highest BCUT2D eigenvalue weighted by Crippen LogP contribution is 2.16. The molecule has 0 bridgehead atoms. The summed E-state index contributed by atoms with van der Waals surface area (Å²) in [5.74, 6) is 0. The third kappa shape index (κ3) is 1.84. The third-order valence-electron chi connectivity index (χ3n) is 2.09. The first-order valence-corrected chi connectivity index (χ1v) is 4.18. The predicted octanol–water partition coefficient (Wildman–Crippen LogP) is 1.26. The Bertz CT molecular complexity index is 269. The van der Waals surface area contributed by atoms with Crippen molar-refractivity contribution in [3.05, 3.63) is 34.9 Å². The van der Waals surface area contributed by atoms with Gasteiger partial charge in [0.05, 0.1) is 0 Å². The van der Waals surface area contributed by atoms with Crippen LogP contribution in [0, 0.1) is 13.8 Å². The van der Waals surface area contributed by atoms with Gasteiger partial charge in [0.1, 0.15) is 0 Å². The summed E-state index contributed by atoms with van der Waals surface area (Å²) in [4.78, 5) is 0. The smallest absolute Gasteiger partial charge is 0.0422 e. The molecule has 1 unspecified atom stereocenters. The normalized spacial score (nSPS) is 13.0. The van der Waals surface area contributed by atoms with Gasteiger partial charge in [-0.2, -0.15) is 0 Å². The second-order valence-corrected chi connectivity index (χ2v) is 3.20. The lowest BCUT2D eigenvalue weighted by Gasteiger charge is -2.12. The Morgan fingerprint density at radius 3 is 2.58 bits per heavy atom. The van der Waals surface area contributed by atoms with E-state index in [9.17, 15) is 0 Å². The second-order valence-electron chi connectivity index (χ2n) is 3.20. The average molecular weight is 164 g/mol. The van der Waals surface area contributed by atoms with Crippen LogP contribution in [0.5, 0.6) is 0 Å². The van der Waals surface area contributed by atoms with E-state index in [4.69, 9.17) is 11.5 Å². The van der Waals surface area contributed by atoms with Gasteiger partial charge in [0.15, 0.2) is 0 Å². The first-order valence-electron chi connectivity index (χ1n) is 4.18. The molecule has 2 nitrogen and oxygen atoms in total. The van der Waals surface area contributed by atoms with E-state index in [1.807, 2.05) is 0 Å². The molecule has 0 saturated carbocycles. The van der Waals surface area contributed by atoms with Gasteiger partial charge in [-0.15, -0.1) is 0 Å². The van der Waals surface area contributed by atoms with Crippen molar-refractivity contribution in [2.75, 3.05) is 6.54 Å². The molecule has 12 heavy (non-hydrogen) atoms. The van der Waals surface area contributed by atoms with Crippen molar-refractivity contribution in [2.45, 2.75) is 19.9 Å². The van der Waals surface area contributed by atoms with Crippen LogP contribution in [-0.4, -0.2) is 6.54 Å². The van der Waals surface area contributed by atoms with Crippen LogP contribution in [0.3, 0.4) is 0 Å². The molecule has 0 aliphatic rings. The number of aryl methyl sites for hydroxylation is 2. The van der Waals surface area contributed by atoms with Crippen molar-refractivity contribution < 1.29 is 0 Å². The van der Waals surface area contributed by atoms with Crippen molar-refractivity contribution in [2.24, 2.45) is 11.5 Å². The zero-order valence-electron chi connectivity index (χ0n) is 7.67. The van der Waals surface area contributed by atoms with Crippen LogP contribution in [0.2, 0.25) is 0 Å². The Hall–Kier alpha value is -0.860. The molecule has 2 heteroatoms. The van der Waals surface area contributed by atoms with Gasteiger partial charge in [-0.05, 0) is 25.0 Å². The molecule has 1 atom stereocenters. The first kappa shape index (κ1) is 9.23. The molecule has 0 aliphatic carbocycles. The Morgan fingerprint density at radius 1 is 1.33 bits per heavy atom. The van der Waals surface area contributed by atoms with Gasteiger partial charge in [0.25, 0.3) is 0 Å². The molecule has 0 spiro atoms. The topological polar surface area (TPSA) is 52.0 Å². The number of hydrogen-bond acceptors (Lipinski definition) is 2. The van der Waals surface area contributed by atoms with Crippen molar-refractivity contribution in [3.8, 4) is 0 Å². The molecule has 0 heterocycles. The van der Waals surface area contributed by atoms with Crippen molar-refractivity contribution in [1.82, 2.24) is 0 Å². The highest BCUT2D eigenvalue weighted by Gasteiger charge is 2.05. The lowest BCUT2D eigenvalue weighted by atomic mass is 10.00. The second kappa shape index (κ2) is 3.70. The average Bonchev–Trinajstić information content (AvgIpc) is 2.08. The molecule has 0 fully saturated rings. The molecule has 0 amide bonds. The predicted molar refractivity (Wildman–Crippen MR) is 51.9 cm³/mol. The Labute approximate surface area is 73.6 Å². The van der Waals surface area contributed by atoms with Gasteiger partial charge < -0.3 is 11.5 Å². The molecule has 1 rings (SSSR count). The number of nitrogens with two attached hydrogens (primary N) is 2. The Balaban J connectivity index is 3.04. The molecule has 0 radical (unpaired) electrons. The van der Waals surface area contributed by atoms with E-state index >= 15 is 0 Å². The lowest BCUT2D eigenvalue weighted by molar-refractivity contribution is 0.731. The minimum absolute atomic E-state index is 0.0232. The van der Waals surface area contributed by atoms with Crippen LogP contribution < -0.4 is 11.5 Å². The third-order valence-corrected chi connectivity index (χ3v) is 2.09. The molecule has 4 N–H and O–H groups in total. The quantitative estimate of drug-likeness (QED) is 0.691. The van der Waals surface area contributed by atoms with E-state index in [1.54, 1.807) is 0 Å². The summed E-state index contributed by atoms with van der Waals surface area (Å²) in [6.07, 6.45) is 0. The molecule has 0 saturated heterocycles. The highest BCUT2D eigenvalue weighted by molar-refractivity contribution is 5.32. The van der Waals surface area contributed by atoms with E-state index in [-0.39, 0.29) is 6.04 Å². The van der Waals surface area contributed by atoms with Gasteiger partial charge in [-0.25, -0.2) is 0 Å². The van der Waals surface area contributed by atoms with Crippen LogP contribution in [0.1, 0.15) is 22.7 Å². The maximum absolute atomic E-state index is 5.84. The minimum atomic E-state index is -0.0232. The standard InChI is InChI=1S/C10H16N2/c1-7-3-4-8(2)9(5-7)10(12)6-11/h3-5,10H,6,11-12H2,1-2H3. The zero-order chi connectivity index (χ0) is 9.14. The molecule has 0 aromatic heterocycles. The Kier molecular flexibility index (Phi) is 2.84. The van der Waals surface area contributed by atoms with E-state index in [1.165, 1.54) is 11.1 Å². The highest BCUT2D eigenvalue weighted by atomic mass is 14.7. The molecule has 66 valence electrons. The molecule has 1 aromatic rings. The maximum Gasteiger partial charge on any atom is 0.0422 e. The van der Waals surface area contributed by atoms with Gasteiger partial charge in [-0.3, -0.25) is 0 Å². The van der Waals surface area contributed by atoms with Crippen molar-refractivity contribution in [3.63, 3.8) is 0 Å².